The van der Waals surface area contributed by atoms with Gasteiger partial charge in [0, 0.05) is 0 Å². The van der Waals surface area contributed by atoms with Gasteiger partial charge in [-0.15, -0.1) is 0 Å². The summed E-state index contributed by atoms with van der Waals surface area (Å²) >= 11 is 0. The number of hydrogen-bond donors (Lipinski definition) is 0. The minimum Gasteiger partial charge on any atom is -0.469 e. The third-order valence-corrected chi connectivity index (χ3v) is 4.40. The van der Waals surface area contributed by atoms with Crippen molar-refractivity contribution in [1.29, 1.82) is 0 Å². The maximum Gasteiger partial charge on any atom is 0.309 e. The number of hydrogen-bond acceptors (Lipinski definition) is 4. The van der Waals surface area contributed by atoms with Crippen LogP contribution in [0.5, 0.6) is 0 Å². The molecule has 4 heteroatoms. The molecule has 0 aromatic rings. The first kappa shape index (κ1) is 12.4. The highest BCUT2D eigenvalue weighted by Crippen LogP contribution is 2.49. The first-order chi connectivity index (χ1) is 8.19. The summed E-state index contributed by atoms with van der Waals surface area (Å²) in [6.45, 7) is 0. The SMILES string of the molecule is COC(=O)C1CC2CCCCC2C1C(=O)OC. The quantitative estimate of drug-likeness (QED) is 0.690. The number of ether oxygens (including phenoxy) is 2. The molecule has 4 nitrogen and oxygen atoms in total. The standard InChI is InChI=1S/C13H20O4/c1-16-12(14)10-7-8-5-3-4-6-9(8)11(10)13(15)17-2/h8-11H,3-7H2,1-2H3. The fourth-order valence-corrected chi connectivity index (χ4v) is 3.64. The highest BCUT2D eigenvalue weighted by Gasteiger charge is 2.51. The van der Waals surface area contributed by atoms with Crippen molar-refractivity contribution in [3.63, 3.8) is 0 Å². The van der Waals surface area contributed by atoms with Crippen LogP contribution in [-0.4, -0.2) is 26.2 Å². The van der Waals surface area contributed by atoms with Crippen molar-refractivity contribution in [2.45, 2.75) is 32.1 Å². The molecule has 0 N–H and O–H groups in total. The zero-order chi connectivity index (χ0) is 12.4. The molecule has 2 aliphatic rings. The molecule has 0 aliphatic heterocycles. The highest BCUT2D eigenvalue weighted by molar-refractivity contribution is 5.83. The first-order valence-corrected chi connectivity index (χ1v) is 6.34. The van der Waals surface area contributed by atoms with E-state index in [1.165, 1.54) is 20.6 Å². The van der Waals surface area contributed by atoms with E-state index in [4.69, 9.17) is 9.47 Å². The van der Waals surface area contributed by atoms with E-state index in [1.807, 2.05) is 0 Å². The second-order valence-corrected chi connectivity index (χ2v) is 5.12. The number of rotatable bonds is 2. The second kappa shape index (κ2) is 5.07. The van der Waals surface area contributed by atoms with Gasteiger partial charge in [-0.1, -0.05) is 19.3 Å². The summed E-state index contributed by atoms with van der Waals surface area (Å²) in [5, 5.41) is 0. The minimum atomic E-state index is -0.291. The molecule has 2 fully saturated rings. The van der Waals surface area contributed by atoms with Crippen molar-refractivity contribution in [2.75, 3.05) is 14.2 Å². The van der Waals surface area contributed by atoms with Crippen LogP contribution in [0.15, 0.2) is 0 Å². The van der Waals surface area contributed by atoms with Crippen molar-refractivity contribution >= 4 is 11.9 Å². The monoisotopic (exact) mass is 240 g/mol. The maximum absolute atomic E-state index is 11.9. The third-order valence-electron chi connectivity index (χ3n) is 4.40. The molecule has 0 radical (unpaired) electrons. The smallest absolute Gasteiger partial charge is 0.309 e. The van der Waals surface area contributed by atoms with E-state index >= 15 is 0 Å². The maximum atomic E-state index is 11.9. The lowest BCUT2D eigenvalue weighted by atomic mass is 9.77. The van der Waals surface area contributed by atoms with Crippen molar-refractivity contribution in [1.82, 2.24) is 0 Å². The molecule has 0 spiro atoms. The molecule has 0 heterocycles. The summed E-state index contributed by atoms with van der Waals surface area (Å²) in [6, 6.07) is 0. The summed E-state index contributed by atoms with van der Waals surface area (Å²) in [6.07, 6.45) is 5.33. The van der Waals surface area contributed by atoms with E-state index in [0.717, 1.165) is 25.7 Å². The Labute approximate surface area is 102 Å². The lowest BCUT2D eigenvalue weighted by Crippen LogP contribution is -2.32. The van der Waals surface area contributed by atoms with Crippen LogP contribution in [0, 0.1) is 23.7 Å². The van der Waals surface area contributed by atoms with Gasteiger partial charge in [-0.05, 0) is 24.7 Å². The van der Waals surface area contributed by atoms with Gasteiger partial charge in [0.15, 0.2) is 0 Å². The van der Waals surface area contributed by atoms with Gasteiger partial charge in [0.05, 0.1) is 26.1 Å². The Morgan fingerprint density at radius 1 is 1.00 bits per heavy atom. The van der Waals surface area contributed by atoms with Gasteiger partial charge in [0.2, 0.25) is 0 Å². The lowest BCUT2D eigenvalue weighted by Gasteiger charge is -2.28. The van der Waals surface area contributed by atoms with Gasteiger partial charge in [-0.25, -0.2) is 0 Å². The van der Waals surface area contributed by atoms with Crippen LogP contribution >= 0.6 is 0 Å². The van der Waals surface area contributed by atoms with Crippen LogP contribution in [0.3, 0.4) is 0 Å². The number of carbonyl (C=O) groups excluding carboxylic acids is 2. The van der Waals surface area contributed by atoms with Crippen LogP contribution in [0.2, 0.25) is 0 Å². The molecule has 2 saturated carbocycles. The topological polar surface area (TPSA) is 52.6 Å². The summed E-state index contributed by atoms with van der Waals surface area (Å²) in [7, 11) is 2.78. The van der Waals surface area contributed by atoms with Gasteiger partial charge in [0.1, 0.15) is 0 Å². The molecule has 4 unspecified atom stereocenters. The molecule has 4 atom stereocenters. The van der Waals surface area contributed by atoms with Crippen molar-refractivity contribution in [3.8, 4) is 0 Å². The lowest BCUT2D eigenvalue weighted by molar-refractivity contribution is -0.157. The molecule has 2 rings (SSSR count). The molecule has 0 amide bonds. The number of esters is 2. The Bertz CT molecular complexity index is 313. The second-order valence-electron chi connectivity index (χ2n) is 5.12. The van der Waals surface area contributed by atoms with Crippen LogP contribution in [-0.2, 0) is 19.1 Å². The molecular formula is C13H20O4. The average molecular weight is 240 g/mol. The highest BCUT2D eigenvalue weighted by atomic mass is 16.5. The summed E-state index contributed by atoms with van der Waals surface area (Å²) in [5.41, 5.74) is 0. The van der Waals surface area contributed by atoms with E-state index in [-0.39, 0.29) is 23.8 Å². The van der Waals surface area contributed by atoms with Crippen LogP contribution in [0.4, 0.5) is 0 Å². The minimum absolute atomic E-state index is 0.241. The van der Waals surface area contributed by atoms with Crippen molar-refractivity contribution in [2.24, 2.45) is 23.7 Å². The Hall–Kier alpha value is -1.06. The Kier molecular flexibility index (Phi) is 3.69. The van der Waals surface area contributed by atoms with Crippen LogP contribution in [0.25, 0.3) is 0 Å². The van der Waals surface area contributed by atoms with Crippen LogP contribution < -0.4 is 0 Å². The van der Waals surface area contributed by atoms with Crippen molar-refractivity contribution in [3.05, 3.63) is 0 Å². The summed E-state index contributed by atoms with van der Waals surface area (Å²) in [4.78, 5) is 23.6. The fourth-order valence-electron chi connectivity index (χ4n) is 3.64. The van der Waals surface area contributed by atoms with E-state index in [2.05, 4.69) is 0 Å². The molecule has 17 heavy (non-hydrogen) atoms. The Morgan fingerprint density at radius 2 is 1.65 bits per heavy atom. The fraction of sp³-hybridized carbons (Fsp3) is 0.846. The van der Waals surface area contributed by atoms with E-state index in [9.17, 15) is 9.59 Å². The normalized spacial score (nSPS) is 36.1. The molecule has 0 bridgehead atoms. The predicted molar refractivity (Wildman–Crippen MR) is 61.1 cm³/mol. The van der Waals surface area contributed by atoms with Gasteiger partial charge >= 0.3 is 11.9 Å². The number of fused-ring (bicyclic) bond motifs is 1. The molecule has 0 aromatic carbocycles. The number of methoxy groups -OCH3 is 2. The Balaban J connectivity index is 2.20. The van der Waals surface area contributed by atoms with Gasteiger partial charge in [-0.2, -0.15) is 0 Å². The molecule has 2 aliphatic carbocycles. The largest absolute Gasteiger partial charge is 0.469 e. The molecule has 0 saturated heterocycles. The van der Waals surface area contributed by atoms with Gasteiger partial charge in [0.25, 0.3) is 0 Å². The van der Waals surface area contributed by atoms with Gasteiger partial charge in [-0.3, -0.25) is 9.59 Å². The van der Waals surface area contributed by atoms with E-state index < -0.39 is 0 Å². The zero-order valence-corrected chi connectivity index (χ0v) is 10.5. The first-order valence-electron chi connectivity index (χ1n) is 6.34. The molecule has 96 valence electrons. The third kappa shape index (κ3) is 2.17. The number of carbonyl (C=O) groups is 2. The molecular weight excluding hydrogens is 220 g/mol. The van der Waals surface area contributed by atoms with Crippen molar-refractivity contribution < 1.29 is 19.1 Å². The molecule has 0 aromatic heterocycles. The Morgan fingerprint density at radius 3 is 2.29 bits per heavy atom. The van der Waals surface area contributed by atoms with Crippen LogP contribution in [0.1, 0.15) is 32.1 Å². The summed E-state index contributed by atoms with van der Waals surface area (Å²) < 4.78 is 9.68. The predicted octanol–water partition coefficient (Wildman–Crippen LogP) is 1.77. The van der Waals surface area contributed by atoms with E-state index in [1.54, 1.807) is 0 Å². The summed E-state index contributed by atoms with van der Waals surface area (Å²) in [5.74, 6) is -0.250. The van der Waals surface area contributed by atoms with E-state index in [0.29, 0.717) is 11.8 Å². The van der Waals surface area contributed by atoms with Gasteiger partial charge < -0.3 is 9.47 Å². The average Bonchev–Trinajstić information content (AvgIpc) is 2.76. The zero-order valence-electron chi connectivity index (χ0n) is 10.5.